The molecule has 1 heterocycles. The zero-order chi connectivity index (χ0) is 14.3. The number of aromatic nitrogens is 1. The summed E-state index contributed by atoms with van der Waals surface area (Å²) in [6.07, 6.45) is 1.54. The minimum absolute atomic E-state index is 0.0442. The van der Waals surface area contributed by atoms with E-state index >= 15 is 0 Å². The molecule has 19 heavy (non-hydrogen) atoms. The topological polar surface area (TPSA) is 88.3 Å². The highest BCUT2D eigenvalue weighted by Crippen LogP contribution is 2.11. The number of rotatable bonds is 7. The van der Waals surface area contributed by atoms with Crippen LogP contribution in [0.3, 0.4) is 0 Å². The Bertz CT molecular complexity index is 433. The van der Waals surface area contributed by atoms with Gasteiger partial charge in [0.15, 0.2) is 0 Å². The summed E-state index contributed by atoms with van der Waals surface area (Å²) in [5.41, 5.74) is 5.81. The largest absolute Gasteiger partial charge is 0.355 e. The molecule has 6 nitrogen and oxygen atoms in total. The van der Waals surface area contributed by atoms with Gasteiger partial charge in [-0.15, -0.1) is 11.3 Å². The van der Waals surface area contributed by atoms with Gasteiger partial charge in [-0.2, -0.15) is 0 Å². The standard InChI is InChI=1S/C12H20N4O2S/c1-3-6-14-10(17)7-16(2)12(18)9-8-19-11(15-9)4-5-13/h8H,3-7,13H2,1-2H3,(H,14,17). The summed E-state index contributed by atoms with van der Waals surface area (Å²) in [7, 11) is 1.59. The van der Waals surface area contributed by atoms with E-state index in [1.165, 1.54) is 16.2 Å². The zero-order valence-electron chi connectivity index (χ0n) is 11.3. The first-order valence-electron chi connectivity index (χ1n) is 6.25. The molecule has 0 fully saturated rings. The minimum atomic E-state index is -0.244. The van der Waals surface area contributed by atoms with E-state index in [1.54, 1.807) is 12.4 Å². The predicted molar refractivity (Wildman–Crippen MR) is 75.1 cm³/mol. The quantitative estimate of drug-likeness (QED) is 0.751. The highest BCUT2D eigenvalue weighted by Gasteiger charge is 2.17. The van der Waals surface area contributed by atoms with Crippen molar-refractivity contribution in [2.75, 3.05) is 26.7 Å². The molecule has 0 saturated heterocycles. The van der Waals surface area contributed by atoms with Crippen molar-refractivity contribution in [1.82, 2.24) is 15.2 Å². The predicted octanol–water partition coefficient (Wildman–Crippen LogP) is 0.243. The first-order chi connectivity index (χ1) is 9.08. The van der Waals surface area contributed by atoms with Crippen LogP contribution in [0.2, 0.25) is 0 Å². The number of thiazole rings is 1. The van der Waals surface area contributed by atoms with Crippen molar-refractivity contribution in [3.63, 3.8) is 0 Å². The van der Waals surface area contributed by atoms with E-state index in [0.717, 1.165) is 11.4 Å². The van der Waals surface area contributed by atoms with Gasteiger partial charge in [-0.25, -0.2) is 4.98 Å². The van der Waals surface area contributed by atoms with E-state index in [2.05, 4.69) is 10.3 Å². The van der Waals surface area contributed by atoms with Gasteiger partial charge in [0.05, 0.1) is 11.6 Å². The maximum atomic E-state index is 12.0. The minimum Gasteiger partial charge on any atom is -0.355 e. The van der Waals surface area contributed by atoms with E-state index in [-0.39, 0.29) is 18.4 Å². The SMILES string of the molecule is CCCNC(=O)CN(C)C(=O)c1csc(CCN)n1. The Hall–Kier alpha value is -1.47. The number of carbonyl (C=O) groups is 2. The van der Waals surface area contributed by atoms with Crippen molar-refractivity contribution < 1.29 is 9.59 Å². The van der Waals surface area contributed by atoms with Crippen molar-refractivity contribution in [2.24, 2.45) is 5.73 Å². The first-order valence-corrected chi connectivity index (χ1v) is 7.13. The van der Waals surface area contributed by atoms with Crippen LogP contribution < -0.4 is 11.1 Å². The molecule has 0 saturated carbocycles. The van der Waals surface area contributed by atoms with E-state index < -0.39 is 0 Å². The Labute approximate surface area is 117 Å². The Morgan fingerprint density at radius 3 is 2.89 bits per heavy atom. The van der Waals surface area contributed by atoms with E-state index in [4.69, 9.17) is 5.73 Å². The number of likely N-dealkylation sites (N-methyl/N-ethyl adjacent to an activating group) is 1. The third-order valence-electron chi connectivity index (χ3n) is 2.43. The molecule has 0 unspecified atom stereocenters. The smallest absolute Gasteiger partial charge is 0.273 e. The van der Waals surface area contributed by atoms with Gasteiger partial charge < -0.3 is 16.0 Å². The third-order valence-corrected chi connectivity index (χ3v) is 3.34. The lowest BCUT2D eigenvalue weighted by atomic mass is 10.4. The fraction of sp³-hybridized carbons (Fsp3) is 0.583. The molecule has 0 bridgehead atoms. The first kappa shape index (κ1) is 15.6. The number of hydrogen-bond donors (Lipinski definition) is 2. The molecule has 7 heteroatoms. The van der Waals surface area contributed by atoms with Gasteiger partial charge in [0, 0.05) is 25.4 Å². The van der Waals surface area contributed by atoms with Gasteiger partial charge in [0.1, 0.15) is 5.69 Å². The highest BCUT2D eigenvalue weighted by molar-refractivity contribution is 7.09. The van der Waals surface area contributed by atoms with Gasteiger partial charge in [0.2, 0.25) is 5.91 Å². The molecule has 0 aliphatic carbocycles. The van der Waals surface area contributed by atoms with Crippen molar-refractivity contribution in [3.8, 4) is 0 Å². The Morgan fingerprint density at radius 1 is 1.53 bits per heavy atom. The van der Waals surface area contributed by atoms with Gasteiger partial charge in [-0.1, -0.05) is 6.92 Å². The Kier molecular flexibility index (Phi) is 6.44. The number of hydrogen-bond acceptors (Lipinski definition) is 5. The summed E-state index contributed by atoms with van der Waals surface area (Å²) in [4.78, 5) is 29.1. The van der Waals surface area contributed by atoms with Crippen molar-refractivity contribution in [2.45, 2.75) is 19.8 Å². The second kappa shape index (κ2) is 7.85. The van der Waals surface area contributed by atoms with Crippen LogP contribution in [0.4, 0.5) is 0 Å². The van der Waals surface area contributed by atoms with Crippen molar-refractivity contribution >= 4 is 23.2 Å². The van der Waals surface area contributed by atoms with Crippen LogP contribution in [0.5, 0.6) is 0 Å². The normalized spacial score (nSPS) is 10.3. The monoisotopic (exact) mass is 284 g/mol. The fourth-order valence-electron chi connectivity index (χ4n) is 1.45. The second-order valence-corrected chi connectivity index (χ2v) is 5.12. The summed E-state index contributed by atoms with van der Waals surface area (Å²) in [6, 6.07) is 0. The van der Waals surface area contributed by atoms with Crippen molar-refractivity contribution in [3.05, 3.63) is 16.1 Å². The van der Waals surface area contributed by atoms with E-state index in [0.29, 0.717) is 25.2 Å². The molecular formula is C12H20N4O2S. The van der Waals surface area contributed by atoms with Crippen LogP contribution in [0.1, 0.15) is 28.8 Å². The molecule has 3 N–H and O–H groups in total. The molecule has 106 valence electrons. The van der Waals surface area contributed by atoms with Crippen LogP contribution in [0.15, 0.2) is 5.38 Å². The summed E-state index contributed by atoms with van der Waals surface area (Å²) < 4.78 is 0. The molecule has 0 spiro atoms. The fourth-order valence-corrected chi connectivity index (χ4v) is 2.24. The summed E-state index contributed by atoms with van der Waals surface area (Å²) in [5.74, 6) is -0.402. The van der Waals surface area contributed by atoms with E-state index in [9.17, 15) is 9.59 Å². The third kappa shape index (κ3) is 4.96. The average Bonchev–Trinajstić information content (AvgIpc) is 2.84. The molecule has 0 radical (unpaired) electrons. The number of nitrogens with two attached hydrogens (primary N) is 1. The maximum absolute atomic E-state index is 12.0. The lowest BCUT2D eigenvalue weighted by Crippen LogP contribution is -2.38. The molecule has 0 aliphatic rings. The zero-order valence-corrected chi connectivity index (χ0v) is 12.1. The molecule has 1 aromatic heterocycles. The molecule has 0 aromatic carbocycles. The number of amides is 2. The molecule has 0 atom stereocenters. The lowest BCUT2D eigenvalue weighted by molar-refractivity contribution is -0.121. The number of carbonyl (C=O) groups excluding carboxylic acids is 2. The molecule has 1 aromatic rings. The van der Waals surface area contributed by atoms with Crippen LogP contribution >= 0.6 is 11.3 Å². The Morgan fingerprint density at radius 2 is 2.26 bits per heavy atom. The van der Waals surface area contributed by atoms with Crippen LogP contribution in [0.25, 0.3) is 0 Å². The van der Waals surface area contributed by atoms with Gasteiger partial charge in [-0.05, 0) is 13.0 Å². The van der Waals surface area contributed by atoms with Crippen LogP contribution in [-0.4, -0.2) is 48.4 Å². The van der Waals surface area contributed by atoms with Crippen LogP contribution in [-0.2, 0) is 11.2 Å². The van der Waals surface area contributed by atoms with Gasteiger partial charge >= 0.3 is 0 Å². The second-order valence-electron chi connectivity index (χ2n) is 4.18. The van der Waals surface area contributed by atoms with Gasteiger partial charge in [-0.3, -0.25) is 9.59 Å². The highest BCUT2D eigenvalue weighted by atomic mass is 32.1. The summed E-state index contributed by atoms with van der Waals surface area (Å²) in [6.45, 7) is 3.15. The van der Waals surface area contributed by atoms with Crippen molar-refractivity contribution in [1.29, 1.82) is 0 Å². The molecule has 1 rings (SSSR count). The Balaban J connectivity index is 2.53. The maximum Gasteiger partial charge on any atom is 0.273 e. The van der Waals surface area contributed by atoms with E-state index in [1.807, 2.05) is 6.92 Å². The molecular weight excluding hydrogens is 264 g/mol. The van der Waals surface area contributed by atoms with Gasteiger partial charge in [0.25, 0.3) is 5.91 Å². The molecule has 0 aliphatic heterocycles. The average molecular weight is 284 g/mol. The molecule has 2 amide bonds. The van der Waals surface area contributed by atoms with Crippen LogP contribution in [0, 0.1) is 0 Å². The lowest BCUT2D eigenvalue weighted by Gasteiger charge is -2.15. The number of nitrogens with one attached hydrogen (secondary N) is 1. The summed E-state index contributed by atoms with van der Waals surface area (Å²) in [5, 5.41) is 5.27. The number of nitrogens with zero attached hydrogens (tertiary/aromatic N) is 2. The summed E-state index contributed by atoms with van der Waals surface area (Å²) >= 11 is 1.41.